The maximum absolute atomic E-state index is 13.0. The van der Waals surface area contributed by atoms with Crippen molar-refractivity contribution in [3.8, 4) is 11.3 Å². The molecule has 4 heterocycles. The summed E-state index contributed by atoms with van der Waals surface area (Å²) < 4.78 is 0. The highest BCUT2D eigenvalue weighted by molar-refractivity contribution is 5.96. The number of carbonyl (C=O) groups excluding carboxylic acids is 1. The lowest BCUT2D eigenvalue weighted by atomic mass is 9.90. The predicted octanol–water partition coefficient (Wildman–Crippen LogP) is 4.66. The number of likely N-dealkylation sites (tertiary alicyclic amines) is 1. The molecule has 0 aromatic carbocycles. The molecule has 8 heteroatoms. The van der Waals surface area contributed by atoms with Crippen molar-refractivity contribution in [2.75, 3.05) is 25.0 Å². The van der Waals surface area contributed by atoms with Gasteiger partial charge in [-0.25, -0.2) is 9.97 Å². The Bertz CT molecular complexity index is 1300. The van der Waals surface area contributed by atoms with Crippen LogP contribution in [-0.2, 0) is 0 Å². The maximum Gasteiger partial charge on any atom is 0.257 e. The summed E-state index contributed by atoms with van der Waals surface area (Å²) in [6.07, 6.45) is 14.1. The van der Waals surface area contributed by atoms with Crippen LogP contribution in [-0.4, -0.2) is 50.4 Å². The second-order valence-electron chi connectivity index (χ2n) is 9.26. The maximum atomic E-state index is 13.0. The zero-order chi connectivity index (χ0) is 24.9. The third kappa shape index (κ3) is 5.49. The average Bonchev–Trinajstić information content (AvgIpc) is 3.40. The van der Waals surface area contributed by atoms with Crippen molar-refractivity contribution < 1.29 is 4.79 Å². The summed E-state index contributed by atoms with van der Waals surface area (Å²) in [4.78, 5) is 33.0. The molecule has 1 aliphatic carbocycles. The molecule has 8 nitrogen and oxygen atoms in total. The van der Waals surface area contributed by atoms with Gasteiger partial charge in [-0.15, -0.1) is 0 Å². The van der Waals surface area contributed by atoms with E-state index in [2.05, 4.69) is 54.5 Å². The number of nitrogens with one attached hydrogen (secondary N) is 2. The summed E-state index contributed by atoms with van der Waals surface area (Å²) in [6, 6.07) is 7.44. The Kier molecular flexibility index (Phi) is 7.13. The SMILES string of the molecule is CCN1CCC(C2=CC=C(NC(=O)c3cnc(C)c(Nc4nccc(-c5cccnc5)n4)c3)CC2)C1. The van der Waals surface area contributed by atoms with E-state index < -0.39 is 0 Å². The number of aryl methyl sites for hydroxylation is 1. The number of carbonyl (C=O) groups is 1. The number of pyridine rings is 2. The minimum absolute atomic E-state index is 0.170. The summed E-state index contributed by atoms with van der Waals surface area (Å²) in [5.41, 5.74) is 6.03. The number of amides is 1. The molecule has 0 bridgehead atoms. The number of aromatic nitrogens is 4. The molecule has 3 aromatic rings. The van der Waals surface area contributed by atoms with E-state index in [0.29, 0.717) is 23.1 Å². The van der Waals surface area contributed by atoms with E-state index in [9.17, 15) is 4.79 Å². The molecule has 2 N–H and O–H groups in total. The molecule has 1 fully saturated rings. The first-order chi connectivity index (χ1) is 17.6. The van der Waals surface area contributed by atoms with Crippen LogP contribution in [0.5, 0.6) is 0 Å². The van der Waals surface area contributed by atoms with Crippen molar-refractivity contribution >= 4 is 17.5 Å². The Balaban J connectivity index is 1.26. The van der Waals surface area contributed by atoms with Crippen LogP contribution in [0.15, 0.2) is 72.5 Å². The fraction of sp³-hybridized carbons (Fsp3) is 0.321. The standard InChI is InChI=1S/C28H31N7O/c1-3-35-14-11-22(18-35)20-6-8-24(9-7-20)32-27(36)23-15-26(19(2)31-17-23)34-28-30-13-10-25(33-28)21-5-4-12-29-16-21/h4-6,8,10,12-13,15-17,22H,3,7,9,11,14,18H2,1-2H3,(H,32,36)(H,30,33,34). The number of nitrogens with zero attached hydrogens (tertiary/aromatic N) is 5. The zero-order valence-corrected chi connectivity index (χ0v) is 20.7. The molecule has 184 valence electrons. The summed E-state index contributed by atoms with van der Waals surface area (Å²) in [5.74, 6) is 0.906. The molecule has 1 amide bonds. The van der Waals surface area contributed by atoms with Gasteiger partial charge in [0.25, 0.3) is 5.91 Å². The summed E-state index contributed by atoms with van der Waals surface area (Å²) >= 11 is 0. The van der Waals surface area contributed by atoms with Crippen molar-refractivity contribution in [1.82, 2.24) is 30.2 Å². The van der Waals surface area contributed by atoms with Crippen LogP contribution in [0.2, 0.25) is 0 Å². The number of hydrogen-bond donors (Lipinski definition) is 2. The normalized spacial score (nSPS) is 17.9. The zero-order valence-electron chi connectivity index (χ0n) is 20.7. The highest BCUT2D eigenvalue weighted by Gasteiger charge is 2.25. The van der Waals surface area contributed by atoms with Crippen molar-refractivity contribution in [3.05, 3.63) is 83.7 Å². The fourth-order valence-corrected chi connectivity index (χ4v) is 4.74. The lowest BCUT2D eigenvalue weighted by Gasteiger charge is -2.20. The van der Waals surface area contributed by atoms with Gasteiger partial charge in [-0.05, 0) is 75.5 Å². The van der Waals surface area contributed by atoms with Gasteiger partial charge in [-0.2, -0.15) is 0 Å². The minimum atomic E-state index is -0.170. The van der Waals surface area contributed by atoms with Gasteiger partial charge in [0.15, 0.2) is 0 Å². The van der Waals surface area contributed by atoms with Crippen LogP contribution in [0, 0.1) is 12.8 Å². The largest absolute Gasteiger partial charge is 0.326 e. The van der Waals surface area contributed by atoms with Crippen molar-refractivity contribution in [3.63, 3.8) is 0 Å². The third-order valence-electron chi connectivity index (χ3n) is 6.91. The van der Waals surface area contributed by atoms with Crippen LogP contribution in [0.3, 0.4) is 0 Å². The molecule has 5 rings (SSSR count). The molecule has 1 saturated heterocycles. The molecule has 3 aromatic heterocycles. The molecular weight excluding hydrogens is 450 g/mol. The lowest BCUT2D eigenvalue weighted by Crippen LogP contribution is -2.25. The lowest BCUT2D eigenvalue weighted by molar-refractivity contribution is 0.0964. The molecule has 1 atom stereocenters. The number of allylic oxidation sites excluding steroid dienone is 3. The van der Waals surface area contributed by atoms with E-state index in [-0.39, 0.29) is 5.91 Å². The number of anilines is 2. The van der Waals surface area contributed by atoms with Gasteiger partial charge in [0.1, 0.15) is 0 Å². The Labute approximate surface area is 211 Å². The molecule has 0 spiro atoms. The predicted molar refractivity (Wildman–Crippen MR) is 141 cm³/mol. The third-order valence-corrected chi connectivity index (χ3v) is 6.91. The van der Waals surface area contributed by atoms with Gasteiger partial charge in [-0.3, -0.25) is 14.8 Å². The minimum Gasteiger partial charge on any atom is -0.326 e. The molecule has 2 aliphatic rings. The molecule has 0 saturated carbocycles. The van der Waals surface area contributed by atoms with Gasteiger partial charge in [-0.1, -0.05) is 18.6 Å². The molecule has 0 radical (unpaired) electrons. The second-order valence-corrected chi connectivity index (χ2v) is 9.26. The molecular formula is C28H31N7O. The number of hydrogen-bond acceptors (Lipinski definition) is 7. The second kappa shape index (κ2) is 10.8. The first-order valence-corrected chi connectivity index (χ1v) is 12.5. The van der Waals surface area contributed by atoms with Crippen molar-refractivity contribution in [2.45, 2.75) is 33.1 Å². The first-order valence-electron chi connectivity index (χ1n) is 12.5. The first kappa shape index (κ1) is 23.8. The Morgan fingerprint density at radius 3 is 2.81 bits per heavy atom. The highest BCUT2D eigenvalue weighted by Crippen LogP contribution is 2.30. The Hall–Kier alpha value is -3.91. The van der Waals surface area contributed by atoms with Gasteiger partial charge in [0, 0.05) is 42.6 Å². The average molecular weight is 482 g/mol. The van der Waals surface area contributed by atoms with Crippen LogP contribution in [0.1, 0.15) is 42.2 Å². The monoisotopic (exact) mass is 481 g/mol. The Morgan fingerprint density at radius 1 is 1.14 bits per heavy atom. The quantitative estimate of drug-likeness (QED) is 0.507. The van der Waals surface area contributed by atoms with E-state index in [4.69, 9.17) is 0 Å². The van der Waals surface area contributed by atoms with Gasteiger partial charge < -0.3 is 15.5 Å². The smallest absolute Gasteiger partial charge is 0.257 e. The van der Waals surface area contributed by atoms with E-state index >= 15 is 0 Å². The number of rotatable bonds is 7. The summed E-state index contributed by atoms with van der Waals surface area (Å²) in [5, 5.41) is 6.28. The molecule has 1 aliphatic heterocycles. The van der Waals surface area contributed by atoms with Gasteiger partial charge >= 0.3 is 0 Å². The topological polar surface area (TPSA) is 95.9 Å². The molecule has 36 heavy (non-hydrogen) atoms. The van der Waals surface area contributed by atoms with Crippen molar-refractivity contribution in [1.29, 1.82) is 0 Å². The van der Waals surface area contributed by atoms with E-state index in [1.54, 1.807) is 30.9 Å². The Morgan fingerprint density at radius 2 is 2.06 bits per heavy atom. The van der Waals surface area contributed by atoms with Gasteiger partial charge in [0.05, 0.1) is 22.6 Å². The summed E-state index contributed by atoms with van der Waals surface area (Å²) in [7, 11) is 0. The van der Waals surface area contributed by atoms with Crippen LogP contribution < -0.4 is 10.6 Å². The van der Waals surface area contributed by atoms with E-state index in [0.717, 1.165) is 48.6 Å². The van der Waals surface area contributed by atoms with Crippen molar-refractivity contribution in [2.24, 2.45) is 5.92 Å². The van der Waals surface area contributed by atoms with Crippen LogP contribution in [0.4, 0.5) is 11.6 Å². The summed E-state index contributed by atoms with van der Waals surface area (Å²) in [6.45, 7) is 7.55. The molecule has 1 unspecified atom stereocenters. The van der Waals surface area contributed by atoms with Crippen LogP contribution >= 0.6 is 0 Å². The van der Waals surface area contributed by atoms with E-state index in [1.807, 2.05) is 25.1 Å². The van der Waals surface area contributed by atoms with Crippen LogP contribution in [0.25, 0.3) is 11.3 Å². The fourth-order valence-electron chi connectivity index (χ4n) is 4.74. The van der Waals surface area contributed by atoms with E-state index in [1.165, 1.54) is 18.5 Å². The highest BCUT2D eigenvalue weighted by atomic mass is 16.1. The van der Waals surface area contributed by atoms with Gasteiger partial charge in [0.2, 0.25) is 5.95 Å².